The molecule has 2 rings (SSSR count). The van der Waals surface area contributed by atoms with Crippen LogP contribution < -0.4 is 4.74 Å². The average Bonchev–Trinajstić information content (AvgIpc) is 2.39. The van der Waals surface area contributed by atoms with E-state index in [-0.39, 0.29) is 0 Å². The summed E-state index contributed by atoms with van der Waals surface area (Å²) < 4.78 is 6.17. The van der Waals surface area contributed by atoms with E-state index in [0.29, 0.717) is 6.42 Å². The lowest BCUT2D eigenvalue weighted by Crippen LogP contribution is -2.45. The molecule has 1 saturated heterocycles. The first-order chi connectivity index (χ1) is 9.06. The number of nitrogens with zero attached hydrogens (tertiary/aromatic N) is 1. The van der Waals surface area contributed by atoms with Gasteiger partial charge in [0.1, 0.15) is 5.75 Å². The number of piperidine rings is 1. The zero-order valence-electron chi connectivity index (χ0n) is 11.7. The van der Waals surface area contributed by atoms with Crippen LogP contribution in [0.2, 0.25) is 0 Å². The van der Waals surface area contributed by atoms with E-state index in [1.807, 2.05) is 18.2 Å². The van der Waals surface area contributed by atoms with E-state index in [1.54, 1.807) is 7.11 Å². The van der Waals surface area contributed by atoms with Gasteiger partial charge >= 0.3 is 0 Å². The molecular weight excluding hydrogens is 306 g/mol. The predicted octanol–water partition coefficient (Wildman–Crippen LogP) is 2.85. The Hall–Kier alpha value is -0.580. The van der Waals surface area contributed by atoms with Crippen LogP contribution in [0.1, 0.15) is 25.3 Å². The summed E-state index contributed by atoms with van der Waals surface area (Å²) in [5.41, 5.74) is 0.597. The molecule has 1 aromatic carbocycles. The summed E-state index contributed by atoms with van der Waals surface area (Å²) in [4.78, 5) is 2.39. The van der Waals surface area contributed by atoms with E-state index >= 15 is 0 Å². The summed E-state index contributed by atoms with van der Waals surface area (Å²) in [6.07, 6.45) is 2.42. The number of halogens is 1. The van der Waals surface area contributed by atoms with Gasteiger partial charge in [0.25, 0.3) is 0 Å². The lowest BCUT2D eigenvalue weighted by atomic mass is 9.85. The van der Waals surface area contributed by atoms with Gasteiger partial charge in [-0.05, 0) is 53.0 Å². The summed E-state index contributed by atoms with van der Waals surface area (Å²) >= 11 is 3.50. The fourth-order valence-corrected chi connectivity index (χ4v) is 3.25. The molecule has 0 radical (unpaired) electrons. The van der Waals surface area contributed by atoms with Crippen LogP contribution in [0.25, 0.3) is 0 Å². The standard InChI is InChI=1S/C15H22BrNO2/c1-3-17-8-6-15(18,7-9-17)11-12-4-5-14(19-2)13(16)10-12/h4-5,10,18H,3,6-9,11H2,1-2H3. The maximum Gasteiger partial charge on any atom is 0.133 e. The number of hydrogen-bond donors (Lipinski definition) is 1. The van der Waals surface area contributed by atoms with Gasteiger partial charge in [0, 0.05) is 19.5 Å². The van der Waals surface area contributed by atoms with E-state index in [2.05, 4.69) is 27.8 Å². The number of benzene rings is 1. The van der Waals surface area contributed by atoms with Crippen LogP contribution in [0.5, 0.6) is 5.75 Å². The van der Waals surface area contributed by atoms with Crippen LogP contribution in [0.3, 0.4) is 0 Å². The second-order valence-corrected chi connectivity index (χ2v) is 6.16. The molecule has 1 aliphatic heterocycles. The molecule has 1 aliphatic rings. The first kappa shape index (κ1) is 14.8. The van der Waals surface area contributed by atoms with E-state index in [9.17, 15) is 5.11 Å². The Bertz CT molecular complexity index is 428. The van der Waals surface area contributed by atoms with Gasteiger partial charge in [-0.15, -0.1) is 0 Å². The first-order valence-corrected chi connectivity index (χ1v) is 7.63. The normalized spacial score (nSPS) is 19.4. The molecule has 0 unspecified atom stereocenters. The zero-order chi connectivity index (χ0) is 13.9. The first-order valence-electron chi connectivity index (χ1n) is 6.83. The molecule has 3 nitrogen and oxygen atoms in total. The highest BCUT2D eigenvalue weighted by Crippen LogP contribution is 2.30. The van der Waals surface area contributed by atoms with Crippen molar-refractivity contribution in [2.75, 3.05) is 26.7 Å². The SMILES string of the molecule is CCN1CCC(O)(Cc2ccc(OC)c(Br)c2)CC1. The highest BCUT2D eigenvalue weighted by atomic mass is 79.9. The molecule has 19 heavy (non-hydrogen) atoms. The second-order valence-electron chi connectivity index (χ2n) is 5.30. The van der Waals surface area contributed by atoms with Crippen LogP contribution >= 0.6 is 15.9 Å². The number of ether oxygens (including phenoxy) is 1. The summed E-state index contributed by atoms with van der Waals surface area (Å²) in [6.45, 7) is 5.23. The molecular formula is C15H22BrNO2. The highest BCUT2D eigenvalue weighted by Gasteiger charge is 2.31. The molecule has 106 valence electrons. The van der Waals surface area contributed by atoms with Crippen LogP contribution in [0.4, 0.5) is 0 Å². The minimum atomic E-state index is -0.556. The highest BCUT2D eigenvalue weighted by molar-refractivity contribution is 9.10. The summed E-state index contributed by atoms with van der Waals surface area (Å²) in [6, 6.07) is 6.03. The van der Waals surface area contributed by atoms with Crippen LogP contribution in [-0.4, -0.2) is 42.4 Å². The fraction of sp³-hybridized carbons (Fsp3) is 0.600. The van der Waals surface area contributed by atoms with Gasteiger partial charge in [0.15, 0.2) is 0 Å². The van der Waals surface area contributed by atoms with Crippen LogP contribution in [0, 0.1) is 0 Å². The van der Waals surface area contributed by atoms with Gasteiger partial charge < -0.3 is 14.7 Å². The molecule has 0 aromatic heterocycles. The van der Waals surface area contributed by atoms with E-state index in [0.717, 1.165) is 48.3 Å². The van der Waals surface area contributed by atoms with Crippen molar-refractivity contribution in [2.24, 2.45) is 0 Å². The Morgan fingerprint density at radius 1 is 1.37 bits per heavy atom. The van der Waals surface area contributed by atoms with Crippen molar-refractivity contribution >= 4 is 15.9 Å². The molecule has 4 heteroatoms. The van der Waals surface area contributed by atoms with Crippen molar-refractivity contribution < 1.29 is 9.84 Å². The minimum Gasteiger partial charge on any atom is -0.496 e. The number of methoxy groups -OCH3 is 1. The summed E-state index contributed by atoms with van der Waals surface area (Å²) in [5, 5.41) is 10.7. The predicted molar refractivity (Wildman–Crippen MR) is 80.7 cm³/mol. The molecule has 1 fully saturated rings. The third-order valence-electron chi connectivity index (χ3n) is 3.98. The van der Waals surface area contributed by atoms with Gasteiger partial charge in [0.2, 0.25) is 0 Å². The van der Waals surface area contributed by atoms with Crippen molar-refractivity contribution in [3.63, 3.8) is 0 Å². The van der Waals surface area contributed by atoms with E-state index < -0.39 is 5.60 Å². The Morgan fingerprint density at radius 2 is 2.05 bits per heavy atom. The Balaban J connectivity index is 2.02. The van der Waals surface area contributed by atoms with Crippen molar-refractivity contribution in [3.05, 3.63) is 28.2 Å². The van der Waals surface area contributed by atoms with E-state index in [1.165, 1.54) is 0 Å². The Morgan fingerprint density at radius 3 is 2.58 bits per heavy atom. The summed E-state index contributed by atoms with van der Waals surface area (Å²) in [5.74, 6) is 0.830. The lowest BCUT2D eigenvalue weighted by molar-refractivity contribution is -0.0194. The van der Waals surface area contributed by atoms with Crippen LogP contribution in [-0.2, 0) is 6.42 Å². The number of hydrogen-bond acceptors (Lipinski definition) is 3. The van der Waals surface area contributed by atoms with Gasteiger partial charge in [0.05, 0.1) is 17.2 Å². The number of aliphatic hydroxyl groups is 1. The van der Waals surface area contributed by atoms with Crippen molar-refractivity contribution in [1.29, 1.82) is 0 Å². The minimum absolute atomic E-state index is 0.556. The summed E-state index contributed by atoms with van der Waals surface area (Å²) in [7, 11) is 1.66. The quantitative estimate of drug-likeness (QED) is 0.923. The number of likely N-dealkylation sites (tertiary alicyclic amines) is 1. The van der Waals surface area contributed by atoms with Crippen LogP contribution in [0.15, 0.2) is 22.7 Å². The third-order valence-corrected chi connectivity index (χ3v) is 4.60. The molecule has 0 aliphatic carbocycles. The lowest BCUT2D eigenvalue weighted by Gasteiger charge is -2.38. The molecule has 0 atom stereocenters. The zero-order valence-corrected chi connectivity index (χ0v) is 13.2. The van der Waals surface area contributed by atoms with Gasteiger partial charge in [-0.2, -0.15) is 0 Å². The smallest absolute Gasteiger partial charge is 0.133 e. The molecule has 1 heterocycles. The molecule has 0 bridgehead atoms. The fourth-order valence-electron chi connectivity index (χ4n) is 2.66. The molecule has 0 spiro atoms. The van der Waals surface area contributed by atoms with Crippen molar-refractivity contribution in [2.45, 2.75) is 31.8 Å². The average molecular weight is 328 g/mol. The Labute approximate surface area is 123 Å². The second kappa shape index (κ2) is 6.25. The maximum absolute atomic E-state index is 10.7. The van der Waals surface area contributed by atoms with Gasteiger partial charge in [-0.3, -0.25) is 0 Å². The molecule has 0 saturated carbocycles. The van der Waals surface area contributed by atoms with E-state index in [4.69, 9.17) is 4.74 Å². The monoisotopic (exact) mass is 327 g/mol. The van der Waals surface area contributed by atoms with Gasteiger partial charge in [-0.1, -0.05) is 13.0 Å². The Kier molecular flexibility index (Phi) is 4.87. The maximum atomic E-state index is 10.7. The van der Waals surface area contributed by atoms with Gasteiger partial charge in [-0.25, -0.2) is 0 Å². The molecule has 1 aromatic rings. The third kappa shape index (κ3) is 3.71. The van der Waals surface area contributed by atoms with Crippen molar-refractivity contribution in [3.8, 4) is 5.75 Å². The topological polar surface area (TPSA) is 32.7 Å². The molecule has 0 amide bonds. The van der Waals surface area contributed by atoms with Crippen molar-refractivity contribution in [1.82, 2.24) is 4.90 Å². The largest absolute Gasteiger partial charge is 0.496 e. The number of rotatable bonds is 4. The molecule has 1 N–H and O–H groups in total.